The standard InChI is InChI=1S/C14H10Br2Cl2/c1-8-10(3-2-4-12(8)15)14(16)11-6-5-9(17)7-13(11)18/h2-7,14H,1H3. The summed E-state index contributed by atoms with van der Waals surface area (Å²) in [6.45, 7) is 2.08. The normalized spacial score (nSPS) is 12.5. The fourth-order valence-corrected chi connectivity index (χ4v) is 3.70. The molecule has 0 fully saturated rings. The highest BCUT2D eigenvalue weighted by atomic mass is 79.9. The molecule has 0 nitrogen and oxygen atoms in total. The van der Waals surface area contributed by atoms with Crippen LogP contribution in [0, 0.1) is 6.92 Å². The number of benzene rings is 2. The number of alkyl halides is 1. The van der Waals surface area contributed by atoms with Crippen molar-refractivity contribution in [1.29, 1.82) is 0 Å². The van der Waals surface area contributed by atoms with Crippen LogP contribution >= 0.6 is 55.1 Å². The molecule has 0 radical (unpaired) electrons. The number of rotatable bonds is 2. The van der Waals surface area contributed by atoms with E-state index in [0.29, 0.717) is 10.0 Å². The minimum Gasteiger partial charge on any atom is -0.0843 e. The van der Waals surface area contributed by atoms with Gasteiger partial charge in [0.25, 0.3) is 0 Å². The molecule has 0 spiro atoms. The van der Waals surface area contributed by atoms with E-state index in [2.05, 4.69) is 44.8 Å². The second kappa shape index (κ2) is 5.96. The van der Waals surface area contributed by atoms with Gasteiger partial charge >= 0.3 is 0 Å². The second-order valence-electron chi connectivity index (χ2n) is 3.98. The molecule has 0 saturated heterocycles. The minimum absolute atomic E-state index is 0.0553. The molecule has 0 aliphatic carbocycles. The first-order valence-electron chi connectivity index (χ1n) is 5.34. The molecule has 1 atom stereocenters. The van der Waals surface area contributed by atoms with Crippen LogP contribution in [0.2, 0.25) is 10.0 Å². The molecule has 0 bridgehead atoms. The molecule has 0 N–H and O–H groups in total. The first kappa shape index (κ1) is 14.4. The second-order valence-corrected chi connectivity index (χ2v) is 6.60. The molecule has 0 aliphatic heterocycles. The van der Waals surface area contributed by atoms with Gasteiger partial charge in [0.05, 0.1) is 4.83 Å². The predicted molar refractivity (Wildman–Crippen MR) is 86.1 cm³/mol. The van der Waals surface area contributed by atoms with E-state index in [0.717, 1.165) is 10.0 Å². The Hall–Kier alpha value is -0.0200. The quantitative estimate of drug-likeness (QED) is 0.494. The van der Waals surface area contributed by atoms with Gasteiger partial charge in [0.1, 0.15) is 0 Å². The fourth-order valence-electron chi connectivity index (χ4n) is 1.77. The summed E-state index contributed by atoms with van der Waals surface area (Å²) in [5, 5.41) is 1.32. The highest BCUT2D eigenvalue weighted by molar-refractivity contribution is 9.10. The summed E-state index contributed by atoms with van der Waals surface area (Å²) in [4.78, 5) is 0.0553. The van der Waals surface area contributed by atoms with Gasteiger partial charge in [-0.25, -0.2) is 0 Å². The molecule has 4 heteroatoms. The smallest absolute Gasteiger partial charge is 0.0662 e. The zero-order valence-corrected chi connectivity index (χ0v) is 14.2. The summed E-state index contributed by atoms with van der Waals surface area (Å²) in [7, 11) is 0. The van der Waals surface area contributed by atoms with Crippen molar-refractivity contribution in [2.45, 2.75) is 11.8 Å². The van der Waals surface area contributed by atoms with E-state index in [4.69, 9.17) is 23.2 Å². The van der Waals surface area contributed by atoms with E-state index >= 15 is 0 Å². The summed E-state index contributed by atoms with van der Waals surface area (Å²) in [5.41, 5.74) is 3.40. The zero-order valence-electron chi connectivity index (χ0n) is 9.55. The Kier molecular flexibility index (Phi) is 4.76. The van der Waals surface area contributed by atoms with Gasteiger partial charge in [0, 0.05) is 14.5 Å². The van der Waals surface area contributed by atoms with Crippen molar-refractivity contribution >= 4 is 55.1 Å². The van der Waals surface area contributed by atoms with Crippen LogP contribution in [-0.2, 0) is 0 Å². The van der Waals surface area contributed by atoms with Gasteiger partial charge < -0.3 is 0 Å². The summed E-state index contributed by atoms with van der Waals surface area (Å²) in [5.74, 6) is 0. The monoisotopic (exact) mass is 406 g/mol. The van der Waals surface area contributed by atoms with Gasteiger partial charge in [0.15, 0.2) is 0 Å². The topological polar surface area (TPSA) is 0 Å². The van der Waals surface area contributed by atoms with Gasteiger partial charge in [-0.05, 0) is 41.8 Å². The molecule has 0 aromatic heterocycles. The van der Waals surface area contributed by atoms with Crippen LogP contribution in [-0.4, -0.2) is 0 Å². The van der Waals surface area contributed by atoms with E-state index < -0.39 is 0 Å². The first-order valence-corrected chi connectivity index (χ1v) is 7.81. The Bertz CT molecular complexity index is 582. The molecule has 2 rings (SSSR count). The fraction of sp³-hybridized carbons (Fsp3) is 0.143. The van der Waals surface area contributed by atoms with Crippen LogP contribution in [0.4, 0.5) is 0 Å². The molecule has 0 heterocycles. The van der Waals surface area contributed by atoms with E-state index in [1.54, 1.807) is 6.07 Å². The minimum atomic E-state index is 0.0553. The number of hydrogen-bond donors (Lipinski definition) is 0. The Balaban J connectivity index is 2.48. The van der Waals surface area contributed by atoms with Crippen LogP contribution in [0.5, 0.6) is 0 Å². The summed E-state index contributed by atoms with van der Waals surface area (Å²) in [6, 6.07) is 11.7. The molecular formula is C14H10Br2Cl2. The van der Waals surface area contributed by atoms with Crippen LogP contribution in [0.3, 0.4) is 0 Å². The molecule has 0 aliphatic rings. The van der Waals surface area contributed by atoms with Crippen LogP contribution in [0.1, 0.15) is 21.5 Å². The van der Waals surface area contributed by atoms with E-state index in [-0.39, 0.29) is 4.83 Å². The van der Waals surface area contributed by atoms with Crippen molar-refractivity contribution in [2.75, 3.05) is 0 Å². The lowest BCUT2D eigenvalue weighted by molar-refractivity contribution is 1.14. The SMILES string of the molecule is Cc1c(Br)cccc1C(Br)c1ccc(Cl)cc1Cl. The lowest BCUT2D eigenvalue weighted by atomic mass is 10.0. The average molecular weight is 409 g/mol. The third-order valence-corrected chi connectivity index (χ3v) is 5.23. The van der Waals surface area contributed by atoms with Crippen molar-refractivity contribution in [3.05, 3.63) is 67.6 Å². The molecular weight excluding hydrogens is 399 g/mol. The van der Waals surface area contributed by atoms with Crippen molar-refractivity contribution in [3.63, 3.8) is 0 Å². The van der Waals surface area contributed by atoms with Gasteiger partial charge in [-0.15, -0.1) is 0 Å². The van der Waals surface area contributed by atoms with Crippen molar-refractivity contribution in [1.82, 2.24) is 0 Å². The van der Waals surface area contributed by atoms with Gasteiger partial charge in [-0.3, -0.25) is 0 Å². The Morgan fingerprint density at radius 3 is 2.44 bits per heavy atom. The van der Waals surface area contributed by atoms with Gasteiger partial charge in [0.2, 0.25) is 0 Å². The molecule has 0 saturated carbocycles. The Morgan fingerprint density at radius 1 is 1.06 bits per heavy atom. The van der Waals surface area contributed by atoms with E-state index in [9.17, 15) is 0 Å². The lowest BCUT2D eigenvalue weighted by Crippen LogP contribution is -1.97. The van der Waals surface area contributed by atoms with Gasteiger partial charge in [-0.1, -0.05) is 73.3 Å². The lowest BCUT2D eigenvalue weighted by Gasteiger charge is -2.16. The zero-order chi connectivity index (χ0) is 13.3. The average Bonchev–Trinajstić information content (AvgIpc) is 2.32. The van der Waals surface area contributed by atoms with Crippen LogP contribution < -0.4 is 0 Å². The molecule has 18 heavy (non-hydrogen) atoms. The highest BCUT2D eigenvalue weighted by Gasteiger charge is 2.16. The van der Waals surface area contributed by atoms with E-state index in [1.165, 1.54) is 11.1 Å². The third kappa shape index (κ3) is 2.93. The Labute approximate surface area is 134 Å². The summed E-state index contributed by atoms with van der Waals surface area (Å²) in [6.07, 6.45) is 0. The molecule has 2 aromatic carbocycles. The molecule has 2 aromatic rings. The van der Waals surface area contributed by atoms with Crippen LogP contribution in [0.25, 0.3) is 0 Å². The summed E-state index contributed by atoms with van der Waals surface area (Å²) >= 11 is 19.4. The molecule has 94 valence electrons. The molecule has 1 unspecified atom stereocenters. The maximum atomic E-state index is 6.24. The van der Waals surface area contributed by atoms with Gasteiger partial charge in [-0.2, -0.15) is 0 Å². The molecule has 0 amide bonds. The largest absolute Gasteiger partial charge is 0.0843 e. The third-order valence-electron chi connectivity index (χ3n) is 2.82. The maximum absolute atomic E-state index is 6.24. The van der Waals surface area contributed by atoms with Crippen molar-refractivity contribution in [3.8, 4) is 0 Å². The number of hydrogen-bond acceptors (Lipinski definition) is 0. The highest BCUT2D eigenvalue weighted by Crippen LogP contribution is 2.39. The predicted octanol–water partition coefficient (Wildman–Crippen LogP) is 6.55. The van der Waals surface area contributed by atoms with Crippen molar-refractivity contribution < 1.29 is 0 Å². The number of halogens is 4. The first-order chi connectivity index (χ1) is 8.50. The maximum Gasteiger partial charge on any atom is 0.0662 e. The van der Waals surface area contributed by atoms with Crippen molar-refractivity contribution in [2.24, 2.45) is 0 Å². The van der Waals surface area contributed by atoms with E-state index in [1.807, 2.05) is 24.3 Å². The Morgan fingerprint density at radius 2 is 1.78 bits per heavy atom. The van der Waals surface area contributed by atoms with Crippen LogP contribution in [0.15, 0.2) is 40.9 Å². The summed E-state index contributed by atoms with van der Waals surface area (Å²) < 4.78 is 1.09.